The van der Waals surface area contributed by atoms with Crippen LogP contribution in [0.2, 0.25) is 0 Å². The van der Waals surface area contributed by atoms with Gasteiger partial charge in [-0.3, -0.25) is 14.5 Å². The summed E-state index contributed by atoms with van der Waals surface area (Å²) in [4.78, 5) is 40.7. The topological polar surface area (TPSA) is 89.9 Å². The van der Waals surface area contributed by atoms with E-state index >= 15 is 0 Å². The van der Waals surface area contributed by atoms with Crippen LogP contribution in [-0.2, 0) is 29.7 Å². The van der Waals surface area contributed by atoms with Crippen molar-refractivity contribution in [1.82, 2.24) is 14.8 Å². The van der Waals surface area contributed by atoms with Crippen LogP contribution in [0.3, 0.4) is 0 Å². The van der Waals surface area contributed by atoms with Gasteiger partial charge >= 0.3 is 6.03 Å². The van der Waals surface area contributed by atoms with E-state index in [1.807, 2.05) is 60.9 Å². The zero-order valence-corrected chi connectivity index (χ0v) is 21.2. The number of ether oxygens (including phenoxy) is 2. The van der Waals surface area contributed by atoms with Crippen molar-refractivity contribution in [2.45, 2.75) is 52.1 Å². The summed E-state index contributed by atoms with van der Waals surface area (Å²) in [5.74, 6) is 0.756. The number of aromatic nitrogens is 1. The van der Waals surface area contributed by atoms with Crippen molar-refractivity contribution >= 4 is 17.7 Å². The molecule has 3 aromatic rings. The SMILES string of the molecule is Cc1cc(C(=O)CN2C(=O)NC(C)(c3ccc4c(c3)CCC4)C2=O)c(C)n1Cc1ccc2c(c1)OCO2. The van der Waals surface area contributed by atoms with Crippen LogP contribution < -0.4 is 14.8 Å². The molecule has 0 saturated carbocycles. The first kappa shape index (κ1) is 23.3. The fourth-order valence-corrected chi connectivity index (χ4v) is 5.70. The highest BCUT2D eigenvalue weighted by molar-refractivity contribution is 6.11. The number of imide groups is 1. The first-order chi connectivity index (χ1) is 17.7. The number of nitrogens with one attached hydrogen (secondary N) is 1. The second-order valence-electron chi connectivity index (χ2n) is 10.3. The van der Waals surface area contributed by atoms with Gasteiger partial charge in [-0.25, -0.2) is 4.79 Å². The number of nitrogens with zero attached hydrogens (tertiary/aromatic N) is 2. The molecule has 1 atom stereocenters. The number of amides is 3. The fourth-order valence-electron chi connectivity index (χ4n) is 5.70. The number of rotatable bonds is 6. The molecule has 0 bridgehead atoms. The molecule has 1 aromatic heterocycles. The number of urea groups is 1. The van der Waals surface area contributed by atoms with E-state index in [0.29, 0.717) is 17.9 Å². The van der Waals surface area contributed by atoms with Gasteiger partial charge in [0.2, 0.25) is 6.79 Å². The maximum atomic E-state index is 13.5. The highest BCUT2D eigenvalue weighted by Crippen LogP contribution is 2.34. The van der Waals surface area contributed by atoms with E-state index in [1.54, 1.807) is 6.92 Å². The molecule has 1 fully saturated rings. The molecule has 3 aliphatic rings. The zero-order valence-electron chi connectivity index (χ0n) is 21.2. The molecular weight excluding hydrogens is 470 g/mol. The minimum Gasteiger partial charge on any atom is -0.454 e. The van der Waals surface area contributed by atoms with E-state index in [9.17, 15) is 14.4 Å². The Kier molecular flexibility index (Phi) is 5.36. The Morgan fingerprint density at radius 2 is 1.78 bits per heavy atom. The van der Waals surface area contributed by atoms with Gasteiger partial charge in [-0.05, 0) is 80.5 Å². The molecule has 0 spiro atoms. The number of aryl methyl sites for hydroxylation is 3. The molecule has 3 amide bonds. The highest BCUT2D eigenvalue weighted by atomic mass is 16.7. The largest absolute Gasteiger partial charge is 0.454 e. The van der Waals surface area contributed by atoms with Gasteiger partial charge in [0.15, 0.2) is 17.3 Å². The first-order valence-electron chi connectivity index (χ1n) is 12.6. The molecule has 8 heteroatoms. The summed E-state index contributed by atoms with van der Waals surface area (Å²) in [6.45, 7) is 6.00. The predicted octanol–water partition coefficient (Wildman–Crippen LogP) is 4.02. The number of carbonyl (C=O) groups excluding carboxylic acids is 3. The van der Waals surface area contributed by atoms with Crippen LogP contribution in [0.25, 0.3) is 0 Å². The van der Waals surface area contributed by atoms with Crippen LogP contribution >= 0.6 is 0 Å². The maximum absolute atomic E-state index is 13.5. The third-order valence-electron chi connectivity index (χ3n) is 7.90. The zero-order chi connectivity index (χ0) is 25.9. The van der Waals surface area contributed by atoms with Crippen molar-refractivity contribution in [3.05, 3.63) is 81.7 Å². The second-order valence-corrected chi connectivity index (χ2v) is 10.3. The molecule has 2 aliphatic heterocycles. The summed E-state index contributed by atoms with van der Waals surface area (Å²) in [5, 5.41) is 2.84. The minimum atomic E-state index is -1.19. The Morgan fingerprint density at radius 3 is 2.62 bits per heavy atom. The Labute approximate surface area is 215 Å². The molecule has 190 valence electrons. The Morgan fingerprint density at radius 1 is 1.00 bits per heavy atom. The second kappa shape index (κ2) is 8.50. The van der Waals surface area contributed by atoms with Crippen molar-refractivity contribution in [2.75, 3.05) is 13.3 Å². The smallest absolute Gasteiger partial charge is 0.325 e. The van der Waals surface area contributed by atoms with Crippen LogP contribution in [0.1, 0.15) is 57.3 Å². The van der Waals surface area contributed by atoms with E-state index in [-0.39, 0.29) is 19.1 Å². The molecule has 6 rings (SSSR count). The molecule has 0 radical (unpaired) electrons. The highest BCUT2D eigenvalue weighted by Gasteiger charge is 2.49. The molecule has 8 nitrogen and oxygen atoms in total. The van der Waals surface area contributed by atoms with Crippen molar-refractivity contribution in [1.29, 1.82) is 0 Å². The number of benzene rings is 2. The Balaban J connectivity index is 1.21. The van der Waals surface area contributed by atoms with Gasteiger partial charge in [-0.1, -0.05) is 24.3 Å². The average Bonchev–Trinajstić information content (AvgIpc) is 3.64. The van der Waals surface area contributed by atoms with Gasteiger partial charge in [-0.15, -0.1) is 0 Å². The molecule has 37 heavy (non-hydrogen) atoms. The molecule has 1 N–H and O–H groups in total. The summed E-state index contributed by atoms with van der Waals surface area (Å²) in [5.41, 5.74) is 5.31. The van der Waals surface area contributed by atoms with Gasteiger partial charge in [0, 0.05) is 23.5 Å². The standard InChI is InChI=1S/C29H29N3O5/c1-17-11-23(18(2)31(17)14-19-7-10-25-26(12-19)37-16-36-25)24(33)15-32-27(34)29(3,30-28(32)35)22-9-8-20-5-4-6-21(20)13-22/h7-13H,4-6,14-16H2,1-3H3,(H,30,35). The molecule has 1 unspecified atom stereocenters. The Bertz CT molecular complexity index is 1470. The minimum absolute atomic E-state index is 0.216. The number of Topliss-reactive ketones (excluding diaryl/α,β-unsaturated/α-hetero) is 1. The molecule has 2 aromatic carbocycles. The van der Waals surface area contributed by atoms with Gasteiger partial charge in [0.05, 0.1) is 6.54 Å². The van der Waals surface area contributed by atoms with Crippen molar-refractivity contribution in [3.63, 3.8) is 0 Å². The van der Waals surface area contributed by atoms with Crippen molar-refractivity contribution in [3.8, 4) is 11.5 Å². The van der Waals surface area contributed by atoms with E-state index in [0.717, 1.165) is 52.4 Å². The summed E-state index contributed by atoms with van der Waals surface area (Å²) in [7, 11) is 0. The van der Waals surface area contributed by atoms with E-state index in [4.69, 9.17) is 9.47 Å². The summed E-state index contributed by atoms with van der Waals surface area (Å²) in [6.07, 6.45) is 3.12. The van der Waals surface area contributed by atoms with Crippen LogP contribution in [0.15, 0.2) is 42.5 Å². The predicted molar refractivity (Wildman–Crippen MR) is 136 cm³/mol. The quantitative estimate of drug-likeness (QED) is 0.409. The molecule has 3 heterocycles. The summed E-state index contributed by atoms with van der Waals surface area (Å²) >= 11 is 0. The number of fused-ring (bicyclic) bond motifs is 2. The van der Waals surface area contributed by atoms with Crippen molar-refractivity contribution < 1.29 is 23.9 Å². The third kappa shape index (κ3) is 3.79. The Hall–Kier alpha value is -4.07. The average molecular weight is 500 g/mol. The molecular formula is C29H29N3O5. The monoisotopic (exact) mass is 499 g/mol. The lowest BCUT2D eigenvalue weighted by Gasteiger charge is -2.23. The maximum Gasteiger partial charge on any atom is 0.325 e. The normalized spacial score (nSPS) is 19.9. The first-order valence-corrected chi connectivity index (χ1v) is 12.6. The fraction of sp³-hybridized carbons (Fsp3) is 0.345. The lowest BCUT2D eigenvalue weighted by Crippen LogP contribution is -2.41. The lowest BCUT2D eigenvalue weighted by molar-refractivity contribution is -0.130. The van der Waals surface area contributed by atoms with Crippen LogP contribution in [0, 0.1) is 13.8 Å². The van der Waals surface area contributed by atoms with Crippen molar-refractivity contribution in [2.24, 2.45) is 0 Å². The van der Waals surface area contributed by atoms with E-state index < -0.39 is 17.5 Å². The van der Waals surface area contributed by atoms with E-state index in [2.05, 4.69) is 5.32 Å². The van der Waals surface area contributed by atoms with Gasteiger partial charge in [0.25, 0.3) is 5.91 Å². The molecule has 1 aliphatic carbocycles. The van der Waals surface area contributed by atoms with Gasteiger partial charge in [-0.2, -0.15) is 0 Å². The van der Waals surface area contributed by atoms with E-state index in [1.165, 1.54) is 11.1 Å². The number of hydrogen-bond acceptors (Lipinski definition) is 5. The van der Waals surface area contributed by atoms with Gasteiger partial charge < -0.3 is 19.4 Å². The third-order valence-corrected chi connectivity index (χ3v) is 7.90. The number of ketones is 1. The number of hydrogen-bond donors (Lipinski definition) is 1. The van der Waals surface area contributed by atoms with Crippen LogP contribution in [0.4, 0.5) is 4.79 Å². The van der Waals surface area contributed by atoms with Crippen LogP contribution in [0.5, 0.6) is 11.5 Å². The van der Waals surface area contributed by atoms with Gasteiger partial charge in [0.1, 0.15) is 5.54 Å². The molecule has 1 saturated heterocycles. The van der Waals surface area contributed by atoms with Crippen LogP contribution in [-0.4, -0.2) is 40.5 Å². The number of carbonyl (C=O) groups is 3. The summed E-state index contributed by atoms with van der Waals surface area (Å²) in [6, 6.07) is 13.1. The summed E-state index contributed by atoms with van der Waals surface area (Å²) < 4.78 is 12.9. The lowest BCUT2D eigenvalue weighted by atomic mass is 9.89.